The minimum Gasteiger partial charge on any atom is -0.398 e. The molecule has 1 amide bonds. The van der Waals surface area contributed by atoms with Gasteiger partial charge in [-0.15, -0.1) is 0 Å². The number of hydrogen-bond donors (Lipinski definition) is 1. The standard InChI is InChI=1S/C13H13F2N3O2/c1-7-3-8(17-20-7)6-18(2)13(19)9-4-10(14)11(15)5-12(9)16/h3-5H,6,16H2,1-2H3. The van der Waals surface area contributed by atoms with E-state index in [1.807, 2.05) is 0 Å². The van der Waals surface area contributed by atoms with E-state index < -0.39 is 17.5 Å². The molecule has 0 unspecified atom stereocenters. The van der Waals surface area contributed by atoms with Gasteiger partial charge in [0.2, 0.25) is 0 Å². The molecule has 0 spiro atoms. The van der Waals surface area contributed by atoms with Crippen LogP contribution in [0.1, 0.15) is 21.8 Å². The second-order valence-corrected chi connectivity index (χ2v) is 4.44. The van der Waals surface area contributed by atoms with Crippen molar-refractivity contribution >= 4 is 11.6 Å². The molecule has 2 N–H and O–H groups in total. The molecule has 5 nitrogen and oxygen atoms in total. The first-order valence-electron chi connectivity index (χ1n) is 5.80. The maximum absolute atomic E-state index is 13.2. The number of nitrogens with zero attached hydrogens (tertiary/aromatic N) is 2. The number of aromatic nitrogens is 1. The topological polar surface area (TPSA) is 72.4 Å². The number of benzene rings is 1. The van der Waals surface area contributed by atoms with Gasteiger partial charge in [-0.05, 0) is 13.0 Å². The summed E-state index contributed by atoms with van der Waals surface area (Å²) in [5, 5.41) is 3.75. The van der Waals surface area contributed by atoms with Gasteiger partial charge >= 0.3 is 0 Å². The molecular formula is C13H13F2N3O2. The van der Waals surface area contributed by atoms with Crippen LogP contribution in [0, 0.1) is 18.6 Å². The minimum absolute atomic E-state index is 0.0911. The van der Waals surface area contributed by atoms with E-state index in [2.05, 4.69) is 5.16 Å². The van der Waals surface area contributed by atoms with E-state index >= 15 is 0 Å². The molecule has 7 heteroatoms. The summed E-state index contributed by atoms with van der Waals surface area (Å²) >= 11 is 0. The average molecular weight is 281 g/mol. The Morgan fingerprint density at radius 1 is 1.35 bits per heavy atom. The van der Waals surface area contributed by atoms with E-state index in [0.29, 0.717) is 11.5 Å². The first-order valence-corrected chi connectivity index (χ1v) is 5.80. The second kappa shape index (κ2) is 5.28. The zero-order valence-electron chi connectivity index (χ0n) is 11.0. The summed E-state index contributed by atoms with van der Waals surface area (Å²) < 4.78 is 31.0. The first-order chi connectivity index (χ1) is 9.38. The lowest BCUT2D eigenvalue weighted by molar-refractivity contribution is 0.0782. The van der Waals surface area contributed by atoms with Gasteiger partial charge in [0, 0.05) is 24.9 Å². The van der Waals surface area contributed by atoms with Crippen LogP contribution in [0.3, 0.4) is 0 Å². The fraction of sp³-hybridized carbons (Fsp3) is 0.231. The van der Waals surface area contributed by atoms with Crippen LogP contribution in [0.5, 0.6) is 0 Å². The van der Waals surface area contributed by atoms with Gasteiger partial charge in [-0.2, -0.15) is 0 Å². The average Bonchev–Trinajstić information content (AvgIpc) is 2.78. The summed E-state index contributed by atoms with van der Waals surface area (Å²) in [5.74, 6) is -2.11. The van der Waals surface area contributed by atoms with Crippen LogP contribution >= 0.6 is 0 Å². The highest BCUT2D eigenvalue weighted by molar-refractivity contribution is 5.98. The van der Waals surface area contributed by atoms with E-state index in [9.17, 15) is 13.6 Å². The fourth-order valence-corrected chi connectivity index (χ4v) is 1.76. The van der Waals surface area contributed by atoms with Crippen LogP contribution in [0.4, 0.5) is 14.5 Å². The summed E-state index contributed by atoms with van der Waals surface area (Å²) in [4.78, 5) is 13.4. The van der Waals surface area contributed by atoms with Gasteiger partial charge in [0.25, 0.3) is 5.91 Å². The Bertz CT molecular complexity index is 655. The SMILES string of the molecule is Cc1cc(CN(C)C(=O)c2cc(F)c(F)cc2N)no1. The van der Waals surface area contributed by atoms with Gasteiger partial charge in [-0.1, -0.05) is 5.16 Å². The fourth-order valence-electron chi connectivity index (χ4n) is 1.76. The van der Waals surface area contributed by atoms with Crippen molar-refractivity contribution in [2.75, 3.05) is 12.8 Å². The molecule has 1 aromatic carbocycles. The van der Waals surface area contributed by atoms with Crippen LogP contribution in [0.15, 0.2) is 22.7 Å². The third-order valence-electron chi connectivity index (χ3n) is 2.75. The largest absolute Gasteiger partial charge is 0.398 e. The zero-order chi connectivity index (χ0) is 14.9. The molecule has 106 valence electrons. The number of rotatable bonds is 3. The number of halogens is 2. The minimum atomic E-state index is -1.12. The zero-order valence-corrected chi connectivity index (χ0v) is 11.0. The molecule has 1 aromatic heterocycles. The third kappa shape index (κ3) is 2.76. The number of carbonyl (C=O) groups is 1. The van der Waals surface area contributed by atoms with Crippen LogP contribution in [-0.4, -0.2) is 23.0 Å². The lowest BCUT2D eigenvalue weighted by Crippen LogP contribution is -2.27. The van der Waals surface area contributed by atoms with Crippen molar-refractivity contribution in [2.24, 2.45) is 0 Å². The summed E-state index contributed by atoms with van der Waals surface area (Å²) in [7, 11) is 1.51. The van der Waals surface area contributed by atoms with Crippen molar-refractivity contribution in [3.63, 3.8) is 0 Å². The number of nitrogen functional groups attached to an aromatic ring is 1. The molecule has 2 rings (SSSR count). The van der Waals surface area contributed by atoms with Crippen molar-refractivity contribution < 1.29 is 18.1 Å². The number of anilines is 1. The normalized spacial score (nSPS) is 10.6. The highest BCUT2D eigenvalue weighted by Crippen LogP contribution is 2.19. The van der Waals surface area contributed by atoms with Crippen LogP contribution in [0.2, 0.25) is 0 Å². The molecule has 0 saturated heterocycles. The molecule has 0 bridgehead atoms. The molecular weight excluding hydrogens is 268 g/mol. The lowest BCUT2D eigenvalue weighted by atomic mass is 10.1. The van der Waals surface area contributed by atoms with Crippen molar-refractivity contribution in [3.8, 4) is 0 Å². The molecule has 0 atom stereocenters. The van der Waals surface area contributed by atoms with Crippen LogP contribution in [0.25, 0.3) is 0 Å². The molecule has 2 aromatic rings. The summed E-state index contributed by atoms with van der Waals surface area (Å²) in [6.07, 6.45) is 0. The Labute approximate surface area is 114 Å². The Hall–Kier alpha value is -2.44. The Morgan fingerprint density at radius 3 is 2.60 bits per heavy atom. The first kappa shape index (κ1) is 14.0. The number of nitrogens with two attached hydrogens (primary N) is 1. The highest BCUT2D eigenvalue weighted by Gasteiger charge is 2.19. The molecule has 1 heterocycles. The van der Waals surface area contributed by atoms with Gasteiger partial charge in [0.1, 0.15) is 11.5 Å². The number of carbonyl (C=O) groups excluding carboxylic acids is 1. The van der Waals surface area contributed by atoms with Crippen molar-refractivity contribution in [1.29, 1.82) is 0 Å². The quantitative estimate of drug-likeness (QED) is 0.875. The van der Waals surface area contributed by atoms with Gasteiger partial charge in [-0.3, -0.25) is 4.79 Å². The molecule has 0 aliphatic rings. The van der Waals surface area contributed by atoms with Crippen molar-refractivity contribution in [1.82, 2.24) is 10.1 Å². The Kier molecular flexibility index (Phi) is 3.69. The van der Waals surface area contributed by atoms with E-state index in [4.69, 9.17) is 10.3 Å². The molecule has 0 aliphatic carbocycles. The number of hydrogen-bond acceptors (Lipinski definition) is 4. The third-order valence-corrected chi connectivity index (χ3v) is 2.75. The van der Waals surface area contributed by atoms with Crippen LogP contribution in [-0.2, 0) is 6.54 Å². The van der Waals surface area contributed by atoms with E-state index in [0.717, 1.165) is 12.1 Å². The number of amides is 1. The molecule has 0 fully saturated rings. The van der Waals surface area contributed by atoms with Gasteiger partial charge in [-0.25, -0.2) is 8.78 Å². The van der Waals surface area contributed by atoms with Gasteiger partial charge in [0.05, 0.1) is 12.1 Å². The molecule has 0 saturated carbocycles. The van der Waals surface area contributed by atoms with Gasteiger partial charge in [0.15, 0.2) is 11.6 Å². The summed E-state index contributed by atoms with van der Waals surface area (Å²) in [6.45, 7) is 1.90. The Morgan fingerprint density at radius 2 is 2.00 bits per heavy atom. The predicted octanol–water partition coefficient (Wildman–Crippen LogP) is 2.12. The monoisotopic (exact) mass is 281 g/mol. The van der Waals surface area contributed by atoms with Gasteiger partial charge < -0.3 is 15.2 Å². The lowest BCUT2D eigenvalue weighted by Gasteiger charge is -2.16. The van der Waals surface area contributed by atoms with Crippen molar-refractivity contribution in [2.45, 2.75) is 13.5 Å². The molecule has 20 heavy (non-hydrogen) atoms. The summed E-state index contributed by atoms with van der Waals surface area (Å²) in [6, 6.07) is 3.26. The summed E-state index contributed by atoms with van der Waals surface area (Å²) in [5.41, 5.74) is 5.89. The predicted molar refractivity (Wildman–Crippen MR) is 67.8 cm³/mol. The van der Waals surface area contributed by atoms with Crippen LogP contribution < -0.4 is 5.73 Å². The molecule has 0 aliphatic heterocycles. The van der Waals surface area contributed by atoms with E-state index in [-0.39, 0.29) is 17.8 Å². The van der Waals surface area contributed by atoms with E-state index in [1.54, 1.807) is 13.0 Å². The smallest absolute Gasteiger partial charge is 0.256 e. The Balaban J connectivity index is 2.20. The molecule has 0 radical (unpaired) electrons. The van der Waals surface area contributed by atoms with Crippen molar-refractivity contribution in [3.05, 3.63) is 46.9 Å². The highest BCUT2D eigenvalue weighted by atomic mass is 19.2. The second-order valence-electron chi connectivity index (χ2n) is 4.44. The number of aryl methyl sites for hydroxylation is 1. The van der Waals surface area contributed by atoms with E-state index in [1.165, 1.54) is 11.9 Å². The maximum Gasteiger partial charge on any atom is 0.256 e. The maximum atomic E-state index is 13.2.